The van der Waals surface area contributed by atoms with E-state index in [0.29, 0.717) is 6.42 Å². The molecule has 1 saturated heterocycles. The van der Waals surface area contributed by atoms with Gasteiger partial charge in [-0.1, -0.05) is 6.92 Å². The number of benzene rings is 1. The molecule has 1 heterocycles. The lowest BCUT2D eigenvalue weighted by Crippen LogP contribution is -2.21. The molecule has 1 fully saturated rings. The van der Waals surface area contributed by atoms with Crippen LogP contribution in [-0.4, -0.2) is 24.2 Å². The van der Waals surface area contributed by atoms with Crippen molar-refractivity contribution in [3.63, 3.8) is 0 Å². The molecule has 1 aliphatic heterocycles. The number of carbonyl (C=O) groups is 1. The Morgan fingerprint density at radius 1 is 1.44 bits per heavy atom. The van der Waals surface area contributed by atoms with E-state index < -0.39 is 11.9 Å². The minimum atomic E-state index is -0.841. The maximum Gasteiger partial charge on any atom is 0.306 e. The summed E-state index contributed by atoms with van der Waals surface area (Å²) >= 11 is 0. The van der Waals surface area contributed by atoms with Crippen LogP contribution in [0.25, 0.3) is 0 Å². The molecule has 98 valence electrons. The number of nitrogens with zero attached hydrogens (tertiary/aromatic N) is 1. The van der Waals surface area contributed by atoms with E-state index in [-0.39, 0.29) is 5.82 Å². The van der Waals surface area contributed by atoms with Gasteiger partial charge in [0, 0.05) is 18.8 Å². The van der Waals surface area contributed by atoms with Crippen molar-refractivity contribution in [1.29, 1.82) is 0 Å². The summed E-state index contributed by atoms with van der Waals surface area (Å²) in [4.78, 5) is 13.1. The second kappa shape index (κ2) is 5.38. The third-order valence-electron chi connectivity index (χ3n) is 3.44. The minimum Gasteiger partial charge on any atom is -0.481 e. The molecule has 1 N–H and O–H groups in total. The quantitative estimate of drug-likeness (QED) is 0.894. The van der Waals surface area contributed by atoms with Crippen LogP contribution in [0, 0.1) is 11.7 Å². The lowest BCUT2D eigenvalue weighted by atomic mass is 9.99. The first-order chi connectivity index (χ1) is 8.58. The van der Waals surface area contributed by atoms with E-state index in [1.807, 2.05) is 0 Å². The Morgan fingerprint density at radius 2 is 2.11 bits per heavy atom. The Kier molecular flexibility index (Phi) is 3.84. The zero-order valence-electron chi connectivity index (χ0n) is 10.5. The number of aliphatic carboxylic acids is 1. The number of anilines is 1. The largest absolute Gasteiger partial charge is 0.481 e. The number of carboxylic acid groups (broad SMARTS) is 1. The van der Waals surface area contributed by atoms with Crippen molar-refractivity contribution in [3.8, 4) is 0 Å². The smallest absolute Gasteiger partial charge is 0.306 e. The highest BCUT2D eigenvalue weighted by Gasteiger charge is 2.19. The van der Waals surface area contributed by atoms with Crippen LogP contribution in [0.2, 0.25) is 0 Å². The van der Waals surface area contributed by atoms with Gasteiger partial charge in [-0.25, -0.2) is 4.39 Å². The molecule has 0 radical (unpaired) electrons. The standard InChI is InChI=1S/C14H18FNO2/c1-10(14(17)18)8-11-9-12(15)4-5-13(11)16-6-2-3-7-16/h4-5,9-10H,2-3,6-8H2,1H3,(H,17,18). The van der Waals surface area contributed by atoms with Crippen molar-refractivity contribution >= 4 is 11.7 Å². The van der Waals surface area contributed by atoms with E-state index in [9.17, 15) is 9.18 Å². The average molecular weight is 251 g/mol. The van der Waals surface area contributed by atoms with Crippen LogP contribution < -0.4 is 4.90 Å². The fourth-order valence-electron chi connectivity index (χ4n) is 2.40. The van der Waals surface area contributed by atoms with Gasteiger partial charge in [0.05, 0.1) is 5.92 Å². The number of rotatable bonds is 4. The normalized spacial score (nSPS) is 16.9. The summed E-state index contributed by atoms with van der Waals surface area (Å²) in [5.41, 5.74) is 1.79. The number of carboxylic acids is 1. The highest BCUT2D eigenvalue weighted by Crippen LogP contribution is 2.27. The zero-order valence-corrected chi connectivity index (χ0v) is 10.5. The van der Waals surface area contributed by atoms with Gasteiger partial charge in [0.2, 0.25) is 0 Å². The Labute approximate surface area is 106 Å². The highest BCUT2D eigenvalue weighted by molar-refractivity contribution is 5.70. The Balaban J connectivity index is 2.25. The van der Waals surface area contributed by atoms with Gasteiger partial charge in [0.15, 0.2) is 0 Å². The molecule has 3 nitrogen and oxygen atoms in total. The fraction of sp³-hybridized carbons (Fsp3) is 0.500. The van der Waals surface area contributed by atoms with Gasteiger partial charge >= 0.3 is 5.97 Å². The lowest BCUT2D eigenvalue weighted by Gasteiger charge is -2.22. The Bertz CT molecular complexity index is 441. The summed E-state index contributed by atoms with van der Waals surface area (Å²) in [6.07, 6.45) is 2.66. The molecule has 18 heavy (non-hydrogen) atoms. The second-order valence-corrected chi connectivity index (χ2v) is 4.91. The number of hydrogen-bond acceptors (Lipinski definition) is 2. The van der Waals surface area contributed by atoms with Crippen molar-refractivity contribution in [3.05, 3.63) is 29.6 Å². The van der Waals surface area contributed by atoms with E-state index in [1.165, 1.54) is 12.1 Å². The molecule has 1 atom stereocenters. The van der Waals surface area contributed by atoms with Gasteiger partial charge in [-0.3, -0.25) is 4.79 Å². The summed E-state index contributed by atoms with van der Waals surface area (Å²) in [7, 11) is 0. The maximum atomic E-state index is 13.3. The van der Waals surface area contributed by atoms with Crippen LogP contribution in [0.15, 0.2) is 18.2 Å². The molecule has 1 unspecified atom stereocenters. The summed E-state index contributed by atoms with van der Waals surface area (Å²) in [5.74, 6) is -1.63. The highest BCUT2D eigenvalue weighted by atomic mass is 19.1. The third kappa shape index (κ3) is 2.81. The van der Waals surface area contributed by atoms with Crippen LogP contribution in [0.1, 0.15) is 25.3 Å². The van der Waals surface area contributed by atoms with Crippen molar-refractivity contribution in [1.82, 2.24) is 0 Å². The molecule has 0 saturated carbocycles. The molecule has 2 rings (SSSR count). The van der Waals surface area contributed by atoms with Gasteiger partial charge in [0.1, 0.15) is 5.82 Å². The van der Waals surface area contributed by atoms with Crippen LogP contribution in [0.3, 0.4) is 0 Å². The van der Waals surface area contributed by atoms with Crippen LogP contribution >= 0.6 is 0 Å². The number of halogens is 1. The van der Waals surface area contributed by atoms with Crippen LogP contribution in [-0.2, 0) is 11.2 Å². The first-order valence-corrected chi connectivity index (χ1v) is 6.34. The van der Waals surface area contributed by atoms with Crippen molar-refractivity contribution < 1.29 is 14.3 Å². The molecule has 0 amide bonds. The molecule has 1 aromatic carbocycles. The molecule has 0 spiro atoms. The van der Waals surface area contributed by atoms with E-state index in [0.717, 1.165) is 37.2 Å². The zero-order chi connectivity index (χ0) is 13.1. The monoisotopic (exact) mass is 251 g/mol. The minimum absolute atomic E-state index is 0.300. The lowest BCUT2D eigenvalue weighted by molar-refractivity contribution is -0.141. The van der Waals surface area contributed by atoms with Crippen molar-refractivity contribution in [2.45, 2.75) is 26.2 Å². The van der Waals surface area contributed by atoms with Gasteiger partial charge in [0.25, 0.3) is 0 Å². The maximum absolute atomic E-state index is 13.3. The molecule has 0 aromatic heterocycles. The van der Waals surface area contributed by atoms with Gasteiger partial charge < -0.3 is 10.0 Å². The Morgan fingerprint density at radius 3 is 2.72 bits per heavy atom. The van der Waals surface area contributed by atoms with E-state index >= 15 is 0 Å². The molecule has 1 aromatic rings. The fourth-order valence-corrected chi connectivity index (χ4v) is 2.40. The Hall–Kier alpha value is -1.58. The SMILES string of the molecule is CC(Cc1cc(F)ccc1N1CCCC1)C(=O)O. The topological polar surface area (TPSA) is 40.5 Å². The summed E-state index contributed by atoms with van der Waals surface area (Å²) < 4.78 is 13.3. The first-order valence-electron chi connectivity index (χ1n) is 6.34. The molecular weight excluding hydrogens is 233 g/mol. The summed E-state index contributed by atoms with van der Waals surface area (Å²) in [5, 5.41) is 8.96. The molecule has 1 aliphatic rings. The molecular formula is C14H18FNO2. The second-order valence-electron chi connectivity index (χ2n) is 4.91. The summed E-state index contributed by atoms with van der Waals surface area (Å²) in [6, 6.07) is 4.68. The van der Waals surface area contributed by atoms with Gasteiger partial charge in [-0.05, 0) is 43.0 Å². The van der Waals surface area contributed by atoms with E-state index in [2.05, 4.69) is 4.90 Å². The van der Waals surface area contributed by atoms with E-state index in [1.54, 1.807) is 13.0 Å². The third-order valence-corrected chi connectivity index (χ3v) is 3.44. The van der Waals surface area contributed by atoms with Crippen molar-refractivity contribution in [2.75, 3.05) is 18.0 Å². The number of hydrogen-bond donors (Lipinski definition) is 1. The van der Waals surface area contributed by atoms with Crippen LogP contribution in [0.5, 0.6) is 0 Å². The molecule has 0 aliphatic carbocycles. The predicted octanol–water partition coefficient (Wildman–Crippen LogP) is 2.69. The molecule has 4 heteroatoms. The average Bonchev–Trinajstić information content (AvgIpc) is 2.82. The van der Waals surface area contributed by atoms with Crippen molar-refractivity contribution in [2.24, 2.45) is 5.92 Å². The molecule has 0 bridgehead atoms. The summed E-state index contributed by atoms with van der Waals surface area (Å²) in [6.45, 7) is 3.60. The van der Waals surface area contributed by atoms with Gasteiger partial charge in [-0.15, -0.1) is 0 Å². The van der Waals surface area contributed by atoms with E-state index in [4.69, 9.17) is 5.11 Å². The first kappa shape index (κ1) is 12.9. The predicted molar refractivity (Wildman–Crippen MR) is 68.4 cm³/mol. The van der Waals surface area contributed by atoms with Crippen LogP contribution in [0.4, 0.5) is 10.1 Å². The van der Waals surface area contributed by atoms with Gasteiger partial charge in [-0.2, -0.15) is 0 Å².